The highest BCUT2D eigenvalue weighted by Gasteiger charge is 2.19. The lowest BCUT2D eigenvalue weighted by Gasteiger charge is -2.06. The number of rotatable bonds is 6. The molecule has 0 aliphatic carbocycles. The van der Waals surface area contributed by atoms with Gasteiger partial charge < -0.3 is 11.1 Å². The lowest BCUT2D eigenvalue weighted by molar-refractivity contribution is -0.385. The van der Waals surface area contributed by atoms with Gasteiger partial charge >= 0.3 is 0 Å². The van der Waals surface area contributed by atoms with E-state index < -0.39 is 20.9 Å². The Hall–Kier alpha value is -2.20. The molecule has 0 spiro atoms. The van der Waals surface area contributed by atoms with Crippen LogP contribution in [0.15, 0.2) is 18.2 Å². The van der Waals surface area contributed by atoms with Gasteiger partial charge in [0.25, 0.3) is 11.6 Å². The van der Waals surface area contributed by atoms with Crippen molar-refractivity contribution in [1.29, 1.82) is 0 Å². The maximum atomic E-state index is 11.8. The number of nitro groups is 1. The van der Waals surface area contributed by atoms with Gasteiger partial charge in [0.2, 0.25) is 10.0 Å². The monoisotopic (exact) mass is 302 g/mol. The third-order valence-electron chi connectivity index (χ3n) is 2.35. The summed E-state index contributed by atoms with van der Waals surface area (Å²) < 4.78 is 21.4. The number of primary sulfonamides is 1. The van der Waals surface area contributed by atoms with Crippen LogP contribution in [0.1, 0.15) is 16.8 Å². The number of nitro benzene ring substituents is 1. The summed E-state index contributed by atoms with van der Waals surface area (Å²) in [5.74, 6) is -0.981. The summed E-state index contributed by atoms with van der Waals surface area (Å²) in [6.45, 7) is 0.0290. The minimum atomic E-state index is -3.59. The molecule has 110 valence electrons. The van der Waals surface area contributed by atoms with Gasteiger partial charge in [-0.05, 0) is 18.6 Å². The van der Waals surface area contributed by atoms with Crippen molar-refractivity contribution in [2.75, 3.05) is 18.0 Å². The lowest BCUT2D eigenvalue weighted by Crippen LogP contribution is -2.27. The Morgan fingerprint density at radius 3 is 2.60 bits per heavy atom. The van der Waals surface area contributed by atoms with E-state index in [4.69, 9.17) is 10.9 Å². The van der Waals surface area contributed by atoms with Crippen LogP contribution in [0.3, 0.4) is 0 Å². The molecule has 0 radical (unpaired) electrons. The molecule has 0 saturated carbocycles. The van der Waals surface area contributed by atoms with E-state index in [1.807, 2.05) is 0 Å². The van der Waals surface area contributed by atoms with Crippen molar-refractivity contribution in [2.45, 2.75) is 6.42 Å². The summed E-state index contributed by atoms with van der Waals surface area (Å²) in [5.41, 5.74) is 5.14. The van der Waals surface area contributed by atoms with Crippen molar-refractivity contribution >= 4 is 27.3 Å². The van der Waals surface area contributed by atoms with E-state index in [1.165, 1.54) is 12.1 Å². The number of nitrogens with one attached hydrogen (secondary N) is 1. The number of anilines is 1. The molecule has 0 heterocycles. The first-order valence-electron chi connectivity index (χ1n) is 5.53. The molecule has 5 N–H and O–H groups in total. The van der Waals surface area contributed by atoms with E-state index in [1.54, 1.807) is 0 Å². The fourth-order valence-corrected chi connectivity index (χ4v) is 2.01. The average molecular weight is 302 g/mol. The highest BCUT2D eigenvalue weighted by molar-refractivity contribution is 7.89. The number of hydrogen-bond acceptors (Lipinski definition) is 6. The Bertz CT molecular complexity index is 629. The Morgan fingerprint density at radius 2 is 2.05 bits per heavy atom. The summed E-state index contributed by atoms with van der Waals surface area (Å²) in [5, 5.41) is 18.0. The van der Waals surface area contributed by atoms with Crippen molar-refractivity contribution in [3.8, 4) is 0 Å². The van der Waals surface area contributed by atoms with Crippen LogP contribution >= 0.6 is 0 Å². The first-order chi connectivity index (χ1) is 9.20. The van der Waals surface area contributed by atoms with Gasteiger partial charge in [0.05, 0.1) is 10.7 Å². The number of hydrogen-bond donors (Lipinski definition) is 3. The fraction of sp³-hybridized carbons (Fsp3) is 0.300. The summed E-state index contributed by atoms with van der Waals surface area (Å²) >= 11 is 0. The summed E-state index contributed by atoms with van der Waals surface area (Å²) in [6.07, 6.45) is 0.112. The lowest BCUT2D eigenvalue weighted by atomic mass is 10.1. The molecule has 1 amide bonds. The third-order valence-corrected chi connectivity index (χ3v) is 3.21. The number of nitrogens with two attached hydrogens (primary N) is 2. The smallest absolute Gasteiger partial charge is 0.282 e. The molecule has 0 aromatic heterocycles. The molecular formula is C10H14N4O5S. The summed E-state index contributed by atoms with van der Waals surface area (Å²) in [7, 11) is -3.59. The molecule has 0 aliphatic heterocycles. The van der Waals surface area contributed by atoms with Crippen molar-refractivity contribution in [1.82, 2.24) is 5.32 Å². The fourth-order valence-electron chi connectivity index (χ4n) is 1.47. The van der Waals surface area contributed by atoms with Crippen LogP contribution < -0.4 is 16.2 Å². The van der Waals surface area contributed by atoms with Gasteiger partial charge in [0.1, 0.15) is 5.56 Å². The molecule has 20 heavy (non-hydrogen) atoms. The van der Waals surface area contributed by atoms with Crippen LogP contribution in [0, 0.1) is 10.1 Å². The van der Waals surface area contributed by atoms with E-state index in [-0.39, 0.29) is 35.7 Å². The van der Waals surface area contributed by atoms with E-state index >= 15 is 0 Å². The van der Waals surface area contributed by atoms with E-state index in [0.717, 1.165) is 6.07 Å². The van der Waals surface area contributed by atoms with Gasteiger partial charge in [0, 0.05) is 18.3 Å². The number of carbonyl (C=O) groups excluding carboxylic acids is 1. The van der Waals surface area contributed by atoms with E-state index in [9.17, 15) is 23.3 Å². The molecule has 0 atom stereocenters. The highest BCUT2D eigenvalue weighted by atomic mass is 32.2. The second kappa shape index (κ2) is 6.30. The molecule has 0 fully saturated rings. The molecule has 0 bridgehead atoms. The van der Waals surface area contributed by atoms with Crippen LogP contribution in [0.4, 0.5) is 11.4 Å². The largest absolute Gasteiger partial charge is 0.399 e. The van der Waals surface area contributed by atoms with Crippen LogP contribution in [0.25, 0.3) is 0 Å². The van der Waals surface area contributed by atoms with E-state index in [0.29, 0.717) is 0 Å². The van der Waals surface area contributed by atoms with Crippen molar-refractivity contribution in [3.05, 3.63) is 33.9 Å². The Kier molecular flexibility index (Phi) is 5.00. The zero-order valence-corrected chi connectivity index (χ0v) is 11.2. The van der Waals surface area contributed by atoms with E-state index in [2.05, 4.69) is 5.32 Å². The first-order valence-corrected chi connectivity index (χ1v) is 7.25. The molecule has 0 saturated heterocycles. The van der Waals surface area contributed by atoms with Crippen LogP contribution in [-0.4, -0.2) is 31.5 Å². The van der Waals surface area contributed by atoms with Gasteiger partial charge in [-0.1, -0.05) is 0 Å². The quantitative estimate of drug-likeness (QED) is 0.280. The molecule has 1 rings (SSSR count). The Morgan fingerprint density at radius 1 is 1.40 bits per heavy atom. The summed E-state index contributed by atoms with van der Waals surface area (Å²) in [6, 6.07) is 3.64. The number of sulfonamides is 1. The number of carbonyl (C=O) groups is 1. The minimum absolute atomic E-state index is 0.0290. The van der Waals surface area contributed by atoms with Gasteiger partial charge in [0.15, 0.2) is 0 Å². The molecule has 10 heteroatoms. The normalized spacial score (nSPS) is 11.1. The topological polar surface area (TPSA) is 158 Å². The van der Waals surface area contributed by atoms with Crippen molar-refractivity contribution in [3.63, 3.8) is 0 Å². The van der Waals surface area contributed by atoms with Gasteiger partial charge in [-0.2, -0.15) is 0 Å². The Balaban J connectivity index is 2.72. The number of nitrogens with zero attached hydrogens (tertiary/aromatic N) is 1. The van der Waals surface area contributed by atoms with Crippen LogP contribution in [0.5, 0.6) is 0 Å². The molecular weight excluding hydrogens is 288 g/mol. The van der Waals surface area contributed by atoms with Crippen LogP contribution in [-0.2, 0) is 10.0 Å². The predicted octanol–water partition coefficient (Wildman–Crippen LogP) is -0.415. The molecule has 9 nitrogen and oxygen atoms in total. The SMILES string of the molecule is Nc1ccc([N+](=O)[O-])c(C(=O)NCCCS(N)(=O)=O)c1. The highest BCUT2D eigenvalue weighted by Crippen LogP contribution is 2.20. The number of nitrogen functional groups attached to an aromatic ring is 1. The minimum Gasteiger partial charge on any atom is -0.399 e. The molecule has 0 aliphatic rings. The molecule has 0 unspecified atom stereocenters. The first kappa shape index (κ1) is 15.9. The average Bonchev–Trinajstić information content (AvgIpc) is 2.32. The van der Waals surface area contributed by atoms with Crippen molar-refractivity contribution in [2.24, 2.45) is 5.14 Å². The zero-order valence-electron chi connectivity index (χ0n) is 10.4. The second-order valence-corrected chi connectivity index (χ2v) is 5.74. The van der Waals surface area contributed by atoms with Gasteiger partial charge in [-0.25, -0.2) is 13.6 Å². The number of benzene rings is 1. The third kappa shape index (κ3) is 4.82. The predicted molar refractivity (Wildman–Crippen MR) is 72.4 cm³/mol. The van der Waals surface area contributed by atoms with Crippen molar-refractivity contribution < 1.29 is 18.1 Å². The van der Waals surface area contributed by atoms with Gasteiger partial charge in [-0.3, -0.25) is 14.9 Å². The maximum absolute atomic E-state index is 11.8. The Labute approximate surface area is 115 Å². The summed E-state index contributed by atoms with van der Waals surface area (Å²) in [4.78, 5) is 21.9. The zero-order chi connectivity index (χ0) is 15.3. The maximum Gasteiger partial charge on any atom is 0.282 e. The second-order valence-electron chi connectivity index (χ2n) is 4.01. The number of amides is 1. The van der Waals surface area contributed by atoms with Crippen LogP contribution in [0.2, 0.25) is 0 Å². The standard InChI is InChI=1S/C10H14N4O5S/c11-7-2-3-9(14(16)17)8(6-7)10(15)13-4-1-5-20(12,18)19/h2-3,6H,1,4-5,11H2,(H,13,15)(H2,12,18,19). The molecule has 1 aromatic rings. The molecule has 1 aromatic carbocycles. The van der Waals surface area contributed by atoms with Gasteiger partial charge in [-0.15, -0.1) is 0 Å².